The molecule has 1 aromatic rings. The highest BCUT2D eigenvalue weighted by Crippen LogP contribution is 2.19. The predicted molar refractivity (Wildman–Crippen MR) is 92.1 cm³/mol. The number of hydrogen-bond acceptors (Lipinski definition) is 2. The zero-order valence-electron chi connectivity index (χ0n) is 12.6. The monoisotopic (exact) mass is 361 g/mol. The van der Waals surface area contributed by atoms with E-state index in [1.807, 2.05) is 17.8 Å². The van der Waals surface area contributed by atoms with E-state index in [0.717, 1.165) is 35.2 Å². The summed E-state index contributed by atoms with van der Waals surface area (Å²) in [5.41, 5.74) is 1.05. The van der Waals surface area contributed by atoms with Gasteiger partial charge in [0.15, 0.2) is 0 Å². The lowest BCUT2D eigenvalue weighted by atomic mass is 10.1. The molecule has 0 aliphatic carbocycles. The van der Waals surface area contributed by atoms with Gasteiger partial charge in [0.05, 0.1) is 0 Å². The first-order valence-corrected chi connectivity index (χ1v) is 9.19. The highest BCUT2D eigenvalue weighted by molar-refractivity contribution is 9.10. The van der Waals surface area contributed by atoms with Crippen LogP contribution in [-0.4, -0.2) is 23.6 Å². The Labute approximate surface area is 135 Å². The van der Waals surface area contributed by atoms with Crippen LogP contribution in [0.2, 0.25) is 0 Å². The average Bonchev–Trinajstić information content (AvgIpc) is 2.40. The maximum atomic E-state index is 13.4. The Kier molecular flexibility index (Phi) is 8.82. The van der Waals surface area contributed by atoms with Crippen molar-refractivity contribution in [2.75, 3.05) is 12.3 Å². The molecule has 0 bridgehead atoms. The molecule has 1 nitrogen and oxygen atoms in total. The molecule has 0 spiro atoms. The van der Waals surface area contributed by atoms with Gasteiger partial charge in [-0.3, -0.25) is 0 Å². The molecule has 0 fully saturated rings. The lowest BCUT2D eigenvalue weighted by Crippen LogP contribution is -2.34. The van der Waals surface area contributed by atoms with Gasteiger partial charge < -0.3 is 5.32 Å². The van der Waals surface area contributed by atoms with Crippen LogP contribution >= 0.6 is 27.7 Å². The first-order chi connectivity index (χ1) is 9.55. The Morgan fingerprint density at radius 1 is 1.30 bits per heavy atom. The van der Waals surface area contributed by atoms with Gasteiger partial charge in [-0.05, 0) is 49.6 Å². The molecule has 2 atom stereocenters. The Hall–Kier alpha value is -0.0600. The molecule has 0 aliphatic rings. The molecule has 1 rings (SSSR count). The number of rotatable bonds is 9. The lowest BCUT2D eigenvalue weighted by molar-refractivity contribution is 0.546. The summed E-state index contributed by atoms with van der Waals surface area (Å²) in [6.45, 7) is 7.67. The van der Waals surface area contributed by atoms with Crippen molar-refractivity contribution in [2.24, 2.45) is 0 Å². The summed E-state index contributed by atoms with van der Waals surface area (Å²) in [7, 11) is 0. The van der Waals surface area contributed by atoms with E-state index in [1.54, 1.807) is 6.07 Å². The number of hydrogen-bond donors (Lipinski definition) is 1. The summed E-state index contributed by atoms with van der Waals surface area (Å²) in [6, 6.07) is 5.56. The number of thioether (sulfide) groups is 1. The van der Waals surface area contributed by atoms with Gasteiger partial charge in [-0.2, -0.15) is 11.8 Å². The van der Waals surface area contributed by atoms with Crippen molar-refractivity contribution in [1.29, 1.82) is 0 Å². The van der Waals surface area contributed by atoms with Gasteiger partial charge in [-0.25, -0.2) is 4.39 Å². The van der Waals surface area contributed by atoms with Crippen LogP contribution in [-0.2, 0) is 6.42 Å². The van der Waals surface area contributed by atoms with E-state index < -0.39 is 0 Å². The first-order valence-electron chi connectivity index (χ1n) is 7.35. The van der Waals surface area contributed by atoms with Crippen molar-refractivity contribution in [1.82, 2.24) is 5.32 Å². The molecule has 0 saturated heterocycles. The second kappa shape index (κ2) is 9.80. The smallest absolute Gasteiger partial charge is 0.124 e. The van der Waals surface area contributed by atoms with Crippen LogP contribution in [0, 0.1) is 5.82 Å². The molecule has 114 valence electrons. The van der Waals surface area contributed by atoms with Crippen molar-refractivity contribution in [3.63, 3.8) is 0 Å². The second-order valence-corrected chi connectivity index (χ2v) is 7.57. The van der Waals surface area contributed by atoms with Crippen molar-refractivity contribution < 1.29 is 4.39 Å². The third kappa shape index (κ3) is 7.09. The van der Waals surface area contributed by atoms with Gasteiger partial charge in [0.2, 0.25) is 0 Å². The molecule has 2 unspecified atom stereocenters. The van der Waals surface area contributed by atoms with Crippen LogP contribution in [0.4, 0.5) is 4.39 Å². The molecule has 0 aromatic heterocycles. The van der Waals surface area contributed by atoms with E-state index in [9.17, 15) is 4.39 Å². The van der Waals surface area contributed by atoms with Crippen molar-refractivity contribution in [2.45, 2.75) is 51.3 Å². The van der Waals surface area contributed by atoms with E-state index in [-0.39, 0.29) is 5.82 Å². The van der Waals surface area contributed by atoms with Crippen LogP contribution in [0.3, 0.4) is 0 Å². The number of benzene rings is 1. The van der Waals surface area contributed by atoms with Gasteiger partial charge in [0.25, 0.3) is 0 Å². The molecule has 4 heteroatoms. The van der Waals surface area contributed by atoms with Crippen LogP contribution < -0.4 is 5.32 Å². The normalized spacial score (nSPS) is 14.2. The molecular weight excluding hydrogens is 337 g/mol. The fourth-order valence-electron chi connectivity index (χ4n) is 1.95. The van der Waals surface area contributed by atoms with Crippen LogP contribution in [0.15, 0.2) is 22.7 Å². The summed E-state index contributed by atoms with van der Waals surface area (Å²) in [5.74, 6) is 0.904. The molecule has 0 radical (unpaired) electrons. The molecule has 0 heterocycles. The van der Waals surface area contributed by atoms with E-state index in [0.29, 0.717) is 11.3 Å². The third-order valence-electron chi connectivity index (χ3n) is 3.24. The Balaban J connectivity index is 2.62. The fourth-order valence-corrected chi connectivity index (χ4v) is 3.50. The van der Waals surface area contributed by atoms with Crippen LogP contribution in [0.25, 0.3) is 0 Å². The summed E-state index contributed by atoms with van der Waals surface area (Å²) in [4.78, 5) is 0. The minimum absolute atomic E-state index is 0.168. The highest BCUT2D eigenvalue weighted by atomic mass is 79.9. The van der Waals surface area contributed by atoms with Gasteiger partial charge in [0.1, 0.15) is 5.82 Å². The molecule has 20 heavy (non-hydrogen) atoms. The Bertz CT molecular complexity index is 380. The Morgan fingerprint density at radius 2 is 2.05 bits per heavy atom. The topological polar surface area (TPSA) is 12.0 Å². The molecule has 1 N–H and O–H groups in total. The summed E-state index contributed by atoms with van der Waals surface area (Å²) < 4.78 is 14.3. The summed E-state index contributed by atoms with van der Waals surface area (Å²) in [6.07, 6.45) is 3.19. The van der Waals surface area contributed by atoms with Crippen molar-refractivity contribution >= 4 is 27.7 Å². The lowest BCUT2D eigenvalue weighted by Gasteiger charge is -2.20. The van der Waals surface area contributed by atoms with Gasteiger partial charge in [0, 0.05) is 21.5 Å². The van der Waals surface area contributed by atoms with Gasteiger partial charge in [-0.15, -0.1) is 0 Å². The minimum atomic E-state index is -0.168. The Morgan fingerprint density at radius 3 is 2.65 bits per heavy atom. The highest BCUT2D eigenvalue weighted by Gasteiger charge is 2.12. The summed E-state index contributed by atoms with van der Waals surface area (Å²) >= 11 is 5.36. The maximum absolute atomic E-state index is 13.4. The molecule has 0 amide bonds. The minimum Gasteiger partial charge on any atom is -0.313 e. The van der Waals surface area contributed by atoms with E-state index in [2.05, 4.69) is 42.0 Å². The quantitative estimate of drug-likeness (QED) is 0.661. The largest absolute Gasteiger partial charge is 0.313 e. The van der Waals surface area contributed by atoms with Crippen LogP contribution in [0.1, 0.15) is 39.2 Å². The molecular formula is C16H25BrFNS. The standard InChI is InChI=1S/C16H25BrFNS/c1-4-6-19-16(11-20-12(3)5-2)9-13-7-14(17)10-15(18)8-13/h7-8,10,12,16,19H,4-6,9,11H2,1-3H3. The predicted octanol–water partition coefficient (Wildman–Crippen LogP) is 5.03. The van der Waals surface area contributed by atoms with E-state index >= 15 is 0 Å². The van der Waals surface area contributed by atoms with Gasteiger partial charge in [-0.1, -0.05) is 36.7 Å². The zero-order valence-corrected chi connectivity index (χ0v) is 15.0. The SMILES string of the molecule is CCCNC(CSC(C)CC)Cc1cc(F)cc(Br)c1. The van der Waals surface area contributed by atoms with Gasteiger partial charge >= 0.3 is 0 Å². The number of nitrogens with one attached hydrogen (secondary N) is 1. The van der Waals surface area contributed by atoms with Crippen molar-refractivity contribution in [3.8, 4) is 0 Å². The first kappa shape index (κ1) is 18.0. The van der Waals surface area contributed by atoms with Crippen LogP contribution in [0.5, 0.6) is 0 Å². The average molecular weight is 362 g/mol. The zero-order chi connectivity index (χ0) is 15.0. The number of halogens is 2. The maximum Gasteiger partial charge on any atom is 0.124 e. The molecule has 0 saturated carbocycles. The van der Waals surface area contributed by atoms with E-state index in [1.165, 1.54) is 12.5 Å². The third-order valence-corrected chi connectivity index (χ3v) is 5.20. The van der Waals surface area contributed by atoms with Crippen molar-refractivity contribution in [3.05, 3.63) is 34.1 Å². The summed E-state index contributed by atoms with van der Waals surface area (Å²) in [5, 5.41) is 4.26. The fraction of sp³-hybridized carbons (Fsp3) is 0.625. The van der Waals surface area contributed by atoms with E-state index in [4.69, 9.17) is 0 Å². The second-order valence-electron chi connectivity index (χ2n) is 5.19. The molecule has 1 aromatic carbocycles. The molecule has 0 aliphatic heterocycles.